The van der Waals surface area contributed by atoms with Crippen molar-refractivity contribution < 1.29 is 24.2 Å². The van der Waals surface area contributed by atoms with Crippen LogP contribution in [0, 0.1) is 0 Å². The number of carbonyl (C=O) groups is 3. The summed E-state index contributed by atoms with van der Waals surface area (Å²) in [5, 5.41) is 13.1. The van der Waals surface area contributed by atoms with Crippen molar-refractivity contribution in [2.24, 2.45) is 0 Å². The fraction of sp³-hybridized carbons (Fsp3) is 0.417. The monoisotopic (exact) mass is 300 g/mol. The molecule has 1 atom stereocenters. The Labute approximate surface area is 120 Å². The minimum absolute atomic E-state index is 0.369. The summed E-state index contributed by atoms with van der Waals surface area (Å²) in [4.78, 5) is 36.3. The lowest BCUT2D eigenvalue weighted by atomic mass is 10.2. The van der Waals surface area contributed by atoms with Gasteiger partial charge in [0.2, 0.25) is 0 Å². The third-order valence-electron chi connectivity index (χ3n) is 2.51. The molecule has 0 aliphatic rings. The van der Waals surface area contributed by atoms with E-state index in [1.165, 1.54) is 16.2 Å². The standard InChI is InChI=1S/C12H16N2O5S/c1-14(7-8-4-3-5-20-8)12(18)13-9(11(16)17)6-10(15)19-2/h3-5,9H,6-7H2,1-2H3,(H,13,18)(H,16,17)/t9-/m0/s1. The number of hydrogen-bond acceptors (Lipinski definition) is 5. The number of rotatable bonds is 6. The molecule has 7 nitrogen and oxygen atoms in total. The van der Waals surface area contributed by atoms with Crippen LogP contribution in [0.15, 0.2) is 17.5 Å². The van der Waals surface area contributed by atoms with E-state index in [9.17, 15) is 14.4 Å². The number of aliphatic carboxylic acids is 1. The molecule has 1 aromatic rings. The van der Waals surface area contributed by atoms with Crippen LogP contribution in [0.4, 0.5) is 4.79 Å². The number of carboxylic acids is 1. The van der Waals surface area contributed by atoms with Crippen LogP contribution >= 0.6 is 11.3 Å². The molecule has 0 saturated carbocycles. The van der Waals surface area contributed by atoms with Crippen LogP contribution in [-0.4, -0.2) is 48.2 Å². The third-order valence-corrected chi connectivity index (χ3v) is 3.38. The summed E-state index contributed by atoms with van der Waals surface area (Å²) in [6.45, 7) is 0.369. The maximum Gasteiger partial charge on any atom is 0.326 e. The molecule has 1 aromatic heterocycles. The second kappa shape index (κ2) is 7.49. The summed E-state index contributed by atoms with van der Waals surface area (Å²) in [5.41, 5.74) is 0. The highest BCUT2D eigenvalue weighted by Gasteiger charge is 2.25. The van der Waals surface area contributed by atoms with Crippen molar-refractivity contribution in [3.8, 4) is 0 Å². The van der Waals surface area contributed by atoms with Crippen LogP contribution < -0.4 is 5.32 Å². The molecular formula is C12H16N2O5S. The van der Waals surface area contributed by atoms with E-state index >= 15 is 0 Å². The molecule has 0 aromatic carbocycles. The van der Waals surface area contributed by atoms with Gasteiger partial charge < -0.3 is 20.1 Å². The Morgan fingerprint density at radius 1 is 1.50 bits per heavy atom. The van der Waals surface area contributed by atoms with Gasteiger partial charge in [0.1, 0.15) is 6.04 Å². The van der Waals surface area contributed by atoms with Gasteiger partial charge >= 0.3 is 18.0 Å². The zero-order chi connectivity index (χ0) is 15.1. The summed E-state index contributed by atoms with van der Waals surface area (Å²) in [7, 11) is 2.71. The van der Waals surface area contributed by atoms with Gasteiger partial charge in [0.05, 0.1) is 20.1 Å². The highest BCUT2D eigenvalue weighted by Crippen LogP contribution is 2.11. The number of nitrogens with one attached hydrogen (secondary N) is 1. The topological polar surface area (TPSA) is 95.9 Å². The molecule has 0 fully saturated rings. The Morgan fingerprint density at radius 3 is 2.70 bits per heavy atom. The van der Waals surface area contributed by atoms with Gasteiger partial charge in [-0.2, -0.15) is 0 Å². The first-order chi connectivity index (χ1) is 9.43. The molecule has 2 N–H and O–H groups in total. The van der Waals surface area contributed by atoms with E-state index in [0.29, 0.717) is 6.54 Å². The van der Waals surface area contributed by atoms with Crippen LogP contribution in [-0.2, 0) is 20.9 Å². The van der Waals surface area contributed by atoms with E-state index < -0.39 is 30.4 Å². The first kappa shape index (κ1) is 16.0. The highest BCUT2D eigenvalue weighted by atomic mass is 32.1. The van der Waals surface area contributed by atoms with E-state index in [4.69, 9.17) is 5.11 Å². The molecule has 0 bridgehead atoms. The zero-order valence-corrected chi connectivity index (χ0v) is 12.0. The molecule has 8 heteroatoms. The molecule has 0 aliphatic carbocycles. The van der Waals surface area contributed by atoms with Gasteiger partial charge in [-0.3, -0.25) is 4.79 Å². The summed E-state index contributed by atoms with van der Waals surface area (Å²) < 4.78 is 4.39. The minimum atomic E-state index is -1.30. The van der Waals surface area contributed by atoms with Gasteiger partial charge in [0, 0.05) is 11.9 Å². The number of nitrogens with zero attached hydrogens (tertiary/aromatic N) is 1. The first-order valence-electron chi connectivity index (χ1n) is 5.77. The normalized spacial score (nSPS) is 11.5. The van der Waals surface area contributed by atoms with Gasteiger partial charge in [-0.05, 0) is 11.4 Å². The number of carboxylic acid groups (broad SMARTS) is 1. The summed E-state index contributed by atoms with van der Waals surface area (Å²) in [6.07, 6.45) is -0.412. The Hall–Kier alpha value is -2.09. The van der Waals surface area contributed by atoms with E-state index in [0.717, 1.165) is 12.0 Å². The Bertz CT molecular complexity index is 474. The molecule has 2 amide bonds. The number of ether oxygens (including phenoxy) is 1. The van der Waals surface area contributed by atoms with E-state index in [-0.39, 0.29) is 0 Å². The number of esters is 1. The smallest absolute Gasteiger partial charge is 0.326 e. The number of amides is 2. The van der Waals surface area contributed by atoms with Crippen LogP contribution in [0.5, 0.6) is 0 Å². The predicted octanol–water partition coefficient (Wildman–Crippen LogP) is 0.906. The molecular weight excluding hydrogens is 284 g/mol. The molecule has 0 aliphatic heterocycles. The molecule has 0 radical (unpaired) electrons. The molecule has 0 unspecified atom stereocenters. The van der Waals surface area contributed by atoms with E-state index in [1.807, 2.05) is 17.5 Å². The van der Waals surface area contributed by atoms with Crippen LogP contribution in [0.1, 0.15) is 11.3 Å². The summed E-state index contributed by atoms with van der Waals surface area (Å²) >= 11 is 1.50. The van der Waals surface area contributed by atoms with Crippen molar-refractivity contribution in [1.29, 1.82) is 0 Å². The SMILES string of the molecule is COC(=O)C[C@H](NC(=O)N(C)Cc1cccs1)C(=O)O. The molecule has 1 rings (SSSR count). The number of thiophene rings is 1. The second-order valence-corrected chi connectivity index (χ2v) is 5.09. The van der Waals surface area contributed by atoms with Crippen molar-refractivity contribution in [3.05, 3.63) is 22.4 Å². The number of urea groups is 1. The predicted molar refractivity (Wildman–Crippen MR) is 72.4 cm³/mol. The fourth-order valence-electron chi connectivity index (χ4n) is 1.42. The van der Waals surface area contributed by atoms with Gasteiger partial charge in [0.25, 0.3) is 0 Å². The minimum Gasteiger partial charge on any atom is -0.480 e. The fourth-order valence-corrected chi connectivity index (χ4v) is 2.17. The number of carbonyl (C=O) groups excluding carboxylic acids is 2. The molecule has 20 heavy (non-hydrogen) atoms. The summed E-state index contributed by atoms with van der Waals surface area (Å²) in [6, 6.07) is 1.87. The maximum atomic E-state index is 11.9. The van der Waals surface area contributed by atoms with Gasteiger partial charge in [0.15, 0.2) is 0 Å². The van der Waals surface area contributed by atoms with Crippen LogP contribution in [0.25, 0.3) is 0 Å². The average Bonchev–Trinajstić information content (AvgIpc) is 2.90. The van der Waals surface area contributed by atoms with E-state index in [2.05, 4.69) is 10.1 Å². The lowest BCUT2D eigenvalue weighted by Gasteiger charge is -2.20. The van der Waals surface area contributed by atoms with Crippen molar-refractivity contribution in [1.82, 2.24) is 10.2 Å². The van der Waals surface area contributed by atoms with Crippen LogP contribution in [0.2, 0.25) is 0 Å². The van der Waals surface area contributed by atoms with E-state index in [1.54, 1.807) is 7.05 Å². The molecule has 110 valence electrons. The Balaban J connectivity index is 2.56. The van der Waals surface area contributed by atoms with Crippen molar-refractivity contribution in [2.45, 2.75) is 19.0 Å². The molecule has 1 heterocycles. The first-order valence-corrected chi connectivity index (χ1v) is 6.65. The number of methoxy groups -OCH3 is 1. The third kappa shape index (κ3) is 4.88. The lowest BCUT2D eigenvalue weighted by molar-refractivity contribution is -0.147. The molecule has 0 spiro atoms. The van der Waals surface area contributed by atoms with Gasteiger partial charge in [-0.15, -0.1) is 11.3 Å². The Morgan fingerprint density at radius 2 is 2.20 bits per heavy atom. The molecule has 0 saturated heterocycles. The largest absolute Gasteiger partial charge is 0.480 e. The quantitative estimate of drug-likeness (QED) is 0.761. The average molecular weight is 300 g/mol. The lowest BCUT2D eigenvalue weighted by Crippen LogP contribution is -2.47. The van der Waals surface area contributed by atoms with Crippen molar-refractivity contribution in [2.75, 3.05) is 14.2 Å². The van der Waals surface area contributed by atoms with Gasteiger partial charge in [-0.1, -0.05) is 6.07 Å². The number of hydrogen-bond donors (Lipinski definition) is 2. The zero-order valence-electron chi connectivity index (χ0n) is 11.2. The van der Waals surface area contributed by atoms with Gasteiger partial charge in [-0.25, -0.2) is 9.59 Å². The van der Waals surface area contributed by atoms with Crippen molar-refractivity contribution >= 4 is 29.3 Å². The Kier molecular flexibility index (Phi) is 5.98. The van der Waals surface area contributed by atoms with Crippen molar-refractivity contribution in [3.63, 3.8) is 0 Å². The summed E-state index contributed by atoms with van der Waals surface area (Å²) in [5.74, 6) is -1.98. The van der Waals surface area contributed by atoms with Crippen LogP contribution in [0.3, 0.4) is 0 Å². The maximum absolute atomic E-state index is 11.9. The highest BCUT2D eigenvalue weighted by molar-refractivity contribution is 7.09. The second-order valence-electron chi connectivity index (χ2n) is 4.06.